The molecule has 0 bridgehead atoms. The molecule has 2 aliphatic rings. The van der Waals surface area contributed by atoms with Crippen molar-refractivity contribution in [3.8, 4) is 5.75 Å². The lowest BCUT2D eigenvalue weighted by atomic mass is 9.92. The average Bonchev–Trinajstić information content (AvgIpc) is 3.75. The number of benzene rings is 3. The first-order valence-corrected chi connectivity index (χ1v) is 14.7. The van der Waals surface area contributed by atoms with E-state index in [1.807, 2.05) is 48.3 Å². The molecule has 4 atom stereocenters. The Hall–Kier alpha value is -4.24. The molecule has 0 aliphatic carbocycles. The van der Waals surface area contributed by atoms with Gasteiger partial charge in [-0.15, -0.1) is 5.10 Å². The van der Waals surface area contributed by atoms with Crippen LogP contribution in [0.1, 0.15) is 41.0 Å². The molecule has 6 rings (SSSR count). The molecular weight excluding hydrogens is 528 g/mol. The van der Waals surface area contributed by atoms with E-state index in [-0.39, 0.29) is 29.7 Å². The Kier molecular flexibility index (Phi) is 7.93. The molecule has 2 saturated heterocycles. The molecule has 9 nitrogen and oxygen atoms in total. The highest BCUT2D eigenvalue weighted by Crippen LogP contribution is 2.32. The zero-order valence-electron chi connectivity index (χ0n) is 24.4. The van der Waals surface area contributed by atoms with Crippen molar-refractivity contribution >= 4 is 22.8 Å². The zero-order valence-corrected chi connectivity index (χ0v) is 24.4. The van der Waals surface area contributed by atoms with Crippen LogP contribution >= 0.6 is 0 Å². The van der Waals surface area contributed by atoms with E-state index in [1.54, 1.807) is 11.8 Å². The fourth-order valence-corrected chi connectivity index (χ4v) is 6.57. The van der Waals surface area contributed by atoms with Crippen LogP contribution < -0.4 is 15.4 Å². The Labute approximate surface area is 246 Å². The lowest BCUT2D eigenvalue weighted by Gasteiger charge is -2.27. The van der Waals surface area contributed by atoms with E-state index in [0.717, 1.165) is 41.7 Å². The highest BCUT2D eigenvalue weighted by Gasteiger charge is 2.43. The monoisotopic (exact) mass is 566 g/mol. The van der Waals surface area contributed by atoms with E-state index in [0.29, 0.717) is 19.5 Å². The second-order valence-corrected chi connectivity index (χ2v) is 11.7. The van der Waals surface area contributed by atoms with Crippen LogP contribution in [0, 0.1) is 12.8 Å². The topological polar surface area (TPSA) is 101 Å². The van der Waals surface area contributed by atoms with E-state index in [2.05, 4.69) is 58.2 Å². The Morgan fingerprint density at radius 2 is 1.83 bits per heavy atom. The highest BCUT2D eigenvalue weighted by molar-refractivity contribution is 5.91. The van der Waals surface area contributed by atoms with E-state index in [4.69, 9.17) is 4.74 Å². The molecule has 4 aromatic rings. The first-order valence-electron chi connectivity index (χ1n) is 14.7. The number of aryl methyl sites for hydroxylation is 2. The third-order valence-electron chi connectivity index (χ3n) is 8.86. The van der Waals surface area contributed by atoms with Crippen molar-refractivity contribution in [3.63, 3.8) is 0 Å². The number of rotatable bonds is 8. The summed E-state index contributed by atoms with van der Waals surface area (Å²) < 4.78 is 7.03. The number of fused-ring (bicyclic) bond motifs is 1. The lowest BCUT2D eigenvalue weighted by molar-refractivity contribution is -0.139. The largest absolute Gasteiger partial charge is 0.497 e. The summed E-state index contributed by atoms with van der Waals surface area (Å²) in [6, 6.07) is 21.5. The van der Waals surface area contributed by atoms with Crippen LogP contribution in [0.25, 0.3) is 11.0 Å². The Balaban J connectivity index is 1.17. The van der Waals surface area contributed by atoms with Crippen molar-refractivity contribution in [3.05, 3.63) is 89.0 Å². The molecule has 0 saturated carbocycles. The van der Waals surface area contributed by atoms with E-state index >= 15 is 0 Å². The first-order chi connectivity index (χ1) is 20.4. The summed E-state index contributed by atoms with van der Waals surface area (Å²) in [4.78, 5) is 29.5. The minimum Gasteiger partial charge on any atom is -0.497 e. The van der Waals surface area contributed by atoms with Crippen LogP contribution in [0.3, 0.4) is 0 Å². The quantitative estimate of drug-likeness (QED) is 0.339. The molecule has 3 heterocycles. The number of amides is 2. The number of nitrogens with one attached hydrogen (secondary N) is 2. The normalized spacial score (nSPS) is 22.0. The van der Waals surface area contributed by atoms with Crippen LogP contribution in [0.4, 0.5) is 0 Å². The van der Waals surface area contributed by atoms with Gasteiger partial charge >= 0.3 is 0 Å². The van der Waals surface area contributed by atoms with E-state index in [1.165, 1.54) is 16.7 Å². The van der Waals surface area contributed by atoms with Crippen molar-refractivity contribution in [2.45, 2.75) is 50.7 Å². The molecule has 0 radical (unpaired) electrons. The molecule has 9 heteroatoms. The van der Waals surface area contributed by atoms with Gasteiger partial charge < -0.3 is 20.3 Å². The van der Waals surface area contributed by atoms with Gasteiger partial charge in [0.25, 0.3) is 0 Å². The molecule has 3 aromatic carbocycles. The van der Waals surface area contributed by atoms with Gasteiger partial charge in [0.05, 0.1) is 18.7 Å². The number of hydrogen-bond donors (Lipinski definition) is 2. The Morgan fingerprint density at radius 1 is 1.05 bits per heavy atom. The number of aromatic nitrogens is 3. The third-order valence-corrected chi connectivity index (χ3v) is 8.86. The summed E-state index contributed by atoms with van der Waals surface area (Å²) in [5.41, 5.74) is 6.37. The number of carbonyl (C=O) groups is 2. The minimum atomic E-state index is -0.514. The third kappa shape index (κ3) is 5.74. The highest BCUT2D eigenvalue weighted by atomic mass is 16.5. The Bertz CT molecular complexity index is 1580. The number of carbonyl (C=O) groups excluding carboxylic acids is 2. The second-order valence-electron chi connectivity index (χ2n) is 11.7. The molecule has 2 amide bonds. The van der Waals surface area contributed by atoms with Crippen LogP contribution in [0.2, 0.25) is 0 Å². The van der Waals surface area contributed by atoms with Gasteiger partial charge in [-0.1, -0.05) is 47.7 Å². The molecule has 2 fully saturated rings. The summed E-state index contributed by atoms with van der Waals surface area (Å²) in [6.45, 7) is 3.80. The molecule has 1 unspecified atom stereocenters. The van der Waals surface area contributed by atoms with Crippen molar-refractivity contribution in [1.29, 1.82) is 0 Å². The fraction of sp³-hybridized carbons (Fsp3) is 0.394. The van der Waals surface area contributed by atoms with Gasteiger partial charge in [0, 0.05) is 26.7 Å². The second kappa shape index (κ2) is 11.9. The van der Waals surface area contributed by atoms with Crippen molar-refractivity contribution in [2.75, 3.05) is 20.2 Å². The average molecular weight is 567 g/mol. The fourth-order valence-electron chi connectivity index (χ4n) is 6.57. The maximum atomic E-state index is 14.0. The van der Waals surface area contributed by atoms with Crippen LogP contribution in [0.15, 0.2) is 66.7 Å². The molecule has 42 heavy (non-hydrogen) atoms. The summed E-state index contributed by atoms with van der Waals surface area (Å²) in [6.07, 6.45) is 2.15. The SMILES string of the molecule is COc1ccc(C[C@@H]2C[C@@H](C(=O)NCc3ccc4c(c3)nnn4C)N(C(=O)[C@H]3CC(c4ccccc4C)CN3)C2)cc1. The van der Waals surface area contributed by atoms with E-state index in [9.17, 15) is 9.59 Å². The first kappa shape index (κ1) is 27.9. The van der Waals surface area contributed by atoms with Gasteiger partial charge in [-0.05, 0) is 84.5 Å². The van der Waals surface area contributed by atoms with Gasteiger partial charge in [-0.25, -0.2) is 4.68 Å². The van der Waals surface area contributed by atoms with Crippen LogP contribution in [0.5, 0.6) is 5.75 Å². The summed E-state index contributed by atoms with van der Waals surface area (Å²) in [7, 11) is 3.51. The predicted octanol–water partition coefficient (Wildman–Crippen LogP) is 3.51. The predicted molar refractivity (Wildman–Crippen MR) is 161 cm³/mol. The number of ether oxygens (including phenoxy) is 1. The maximum absolute atomic E-state index is 14.0. The molecule has 218 valence electrons. The molecule has 0 spiro atoms. The molecule has 1 aromatic heterocycles. The standard InChI is InChI=1S/C33H38N6O3/c1-21-6-4-5-7-27(21)25-17-29(34-19-25)33(41)39-20-24(14-22-8-11-26(42-3)12-9-22)16-31(39)32(40)35-18-23-10-13-30-28(15-23)36-37-38(30)2/h4-13,15,24-25,29,31,34H,14,16-20H2,1-3H3,(H,35,40)/t24-,25?,29-,31+/m1/s1. The van der Waals surface area contributed by atoms with Gasteiger partial charge in [0.1, 0.15) is 17.3 Å². The van der Waals surface area contributed by atoms with Gasteiger partial charge in [-0.3, -0.25) is 9.59 Å². The van der Waals surface area contributed by atoms with Gasteiger partial charge in [0.15, 0.2) is 0 Å². The van der Waals surface area contributed by atoms with E-state index < -0.39 is 6.04 Å². The number of hydrogen-bond acceptors (Lipinski definition) is 6. The Morgan fingerprint density at radius 3 is 2.62 bits per heavy atom. The zero-order chi connectivity index (χ0) is 29.2. The molecule has 2 aliphatic heterocycles. The maximum Gasteiger partial charge on any atom is 0.243 e. The minimum absolute atomic E-state index is 0.0180. The summed E-state index contributed by atoms with van der Waals surface area (Å²) in [5.74, 6) is 1.18. The smallest absolute Gasteiger partial charge is 0.243 e. The number of nitrogens with zero attached hydrogens (tertiary/aromatic N) is 4. The van der Waals surface area contributed by atoms with Crippen LogP contribution in [-0.4, -0.2) is 64.0 Å². The number of likely N-dealkylation sites (tertiary alicyclic amines) is 1. The van der Waals surface area contributed by atoms with Crippen molar-refractivity contribution in [1.82, 2.24) is 30.5 Å². The van der Waals surface area contributed by atoms with Crippen molar-refractivity contribution in [2.24, 2.45) is 13.0 Å². The van der Waals surface area contributed by atoms with Crippen molar-refractivity contribution < 1.29 is 14.3 Å². The van der Waals surface area contributed by atoms with Gasteiger partial charge in [-0.2, -0.15) is 0 Å². The van der Waals surface area contributed by atoms with Crippen LogP contribution in [-0.2, 0) is 29.6 Å². The van der Waals surface area contributed by atoms with Gasteiger partial charge in [0.2, 0.25) is 11.8 Å². The molecule has 2 N–H and O–H groups in total. The molecular formula is C33H38N6O3. The summed E-state index contributed by atoms with van der Waals surface area (Å²) in [5, 5.41) is 14.8. The number of methoxy groups -OCH3 is 1. The summed E-state index contributed by atoms with van der Waals surface area (Å²) >= 11 is 0. The lowest BCUT2D eigenvalue weighted by Crippen LogP contribution is -2.51.